The topological polar surface area (TPSA) is 120 Å². The van der Waals surface area contributed by atoms with E-state index >= 15 is 0 Å². The third kappa shape index (κ3) is 4.11. The van der Waals surface area contributed by atoms with Crippen LogP contribution in [-0.4, -0.2) is 44.6 Å². The van der Waals surface area contributed by atoms with Crippen molar-refractivity contribution in [1.82, 2.24) is 25.6 Å². The molecular weight excluding hydrogens is 401 g/mol. The van der Waals surface area contributed by atoms with Crippen molar-refractivity contribution < 1.29 is 19.1 Å². The molecule has 0 saturated carbocycles. The van der Waals surface area contributed by atoms with Crippen molar-refractivity contribution in [3.05, 3.63) is 59.3 Å². The number of carbonyl (C=O) groups is 2. The lowest BCUT2D eigenvalue weighted by Gasteiger charge is -2.22. The Hall–Kier alpha value is -3.75. The summed E-state index contributed by atoms with van der Waals surface area (Å²) in [7, 11) is 0. The lowest BCUT2D eigenvalue weighted by atomic mass is 9.94. The monoisotopic (exact) mass is 423 g/mol. The summed E-state index contributed by atoms with van der Waals surface area (Å²) in [4.78, 5) is 34.8. The third-order valence-corrected chi connectivity index (χ3v) is 5.31. The fourth-order valence-electron chi connectivity index (χ4n) is 3.79. The Balaban J connectivity index is 1.67. The highest BCUT2D eigenvalue weighted by Crippen LogP contribution is 2.33. The number of rotatable bonds is 5. The van der Waals surface area contributed by atoms with Gasteiger partial charge in [-0.1, -0.05) is 24.3 Å². The van der Waals surface area contributed by atoms with Gasteiger partial charge in [0.1, 0.15) is 5.52 Å². The van der Waals surface area contributed by atoms with Gasteiger partial charge in [0.05, 0.1) is 16.8 Å². The third-order valence-electron chi connectivity index (χ3n) is 5.31. The predicted molar refractivity (Wildman–Crippen MR) is 113 cm³/mol. The summed E-state index contributed by atoms with van der Waals surface area (Å²) < 4.78 is 14.1. The summed E-state index contributed by atoms with van der Waals surface area (Å²) >= 11 is 0. The SMILES string of the molecule is Cc1nc2cccc(-c3cc4c([nH]3)C(CC=CC(C)NC(=O)O)CNC4=O)c2nc1F. The van der Waals surface area contributed by atoms with Crippen LogP contribution >= 0.6 is 0 Å². The first-order valence-corrected chi connectivity index (χ1v) is 9.94. The maximum absolute atomic E-state index is 14.1. The van der Waals surface area contributed by atoms with E-state index < -0.39 is 12.0 Å². The normalized spacial score (nSPS) is 16.9. The van der Waals surface area contributed by atoms with Crippen molar-refractivity contribution in [2.75, 3.05) is 6.54 Å². The Morgan fingerprint density at radius 2 is 2.19 bits per heavy atom. The molecule has 2 atom stereocenters. The van der Waals surface area contributed by atoms with Crippen molar-refractivity contribution in [2.24, 2.45) is 0 Å². The maximum atomic E-state index is 14.1. The zero-order valence-corrected chi connectivity index (χ0v) is 17.1. The summed E-state index contributed by atoms with van der Waals surface area (Å²) in [5.74, 6) is -0.803. The average Bonchev–Trinajstić information content (AvgIpc) is 3.16. The number of fused-ring (bicyclic) bond motifs is 2. The number of aromatic nitrogens is 3. The van der Waals surface area contributed by atoms with E-state index in [1.165, 1.54) is 0 Å². The fraction of sp³-hybridized carbons (Fsp3) is 0.273. The number of para-hydroxylation sites is 1. The van der Waals surface area contributed by atoms with Crippen molar-refractivity contribution in [3.8, 4) is 11.3 Å². The van der Waals surface area contributed by atoms with Gasteiger partial charge in [0.15, 0.2) is 0 Å². The van der Waals surface area contributed by atoms with Gasteiger partial charge < -0.3 is 20.7 Å². The standard InChI is InChI=1S/C22H22FN5O3/c1-11(25-22(30)31)5-3-6-13-10-24-21(29)15-9-17(27-18(13)15)14-7-4-8-16-19(14)28-20(23)12(2)26-16/h3-5,7-9,11,13,25,27H,6,10H2,1-2H3,(H,24,29)(H,30,31). The van der Waals surface area contributed by atoms with Crippen molar-refractivity contribution in [2.45, 2.75) is 32.2 Å². The largest absolute Gasteiger partial charge is 0.465 e. The van der Waals surface area contributed by atoms with Crippen molar-refractivity contribution in [1.29, 1.82) is 0 Å². The minimum atomic E-state index is -1.08. The molecule has 31 heavy (non-hydrogen) atoms. The molecule has 0 fully saturated rings. The number of H-pyrrole nitrogens is 1. The molecule has 1 aliphatic rings. The molecule has 3 heterocycles. The Bertz CT molecular complexity index is 1200. The van der Waals surface area contributed by atoms with E-state index in [4.69, 9.17) is 5.11 Å². The number of aromatic amines is 1. The smallest absolute Gasteiger partial charge is 0.405 e. The summed E-state index contributed by atoms with van der Waals surface area (Å²) in [5, 5.41) is 14.0. The highest BCUT2D eigenvalue weighted by atomic mass is 19.1. The number of aryl methyl sites for hydroxylation is 1. The quantitative estimate of drug-likeness (QED) is 0.468. The predicted octanol–water partition coefficient (Wildman–Crippen LogP) is 3.50. The van der Waals surface area contributed by atoms with Gasteiger partial charge in [-0.15, -0.1) is 0 Å². The van der Waals surface area contributed by atoms with Gasteiger partial charge in [-0.2, -0.15) is 4.39 Å². The molecule has 4 rings (SSSR count). The van der Waals surface area contributed by atoms with Crippen LogP contribution < -0.4 is 10.6 Å². The molecule has 3 aromatic rings. The first kappa shape index (κ1) is 20.5. The maximum Gasteiger partial charge on any atom is 0.405 e. The number of carboxylic acid groups (broad SMARTS) is 1. The molecule has 160 valence electrons. The van der Waals surface area contributed by atoms with Crippen LogP contribution in [0, 0.1) is 12.9 Å². The molecule has 4 N–H and O–H groups in total. The average molecular weight is 423 g/mol. The number of amides is 2. The number of carbonyl (C=O) groups excluding carboxylic acids is 1. The highest BCUT2D eigenvalue weighted by molar-refractivity contribution is 5.99. The fourth-order valence-corrected chi connectivity index (χ4v) is 3.79. The van der Waals surface area contributed by atoms with Crippen LogP contribution in [0.3, 0.4) is 0 Å². The van der Waals surface area contributed by atoms with Gasteiger partial charge in [0.25, 0.3) is 5.91 Å². The molecule has 2 aromatic heterocycles. The molecular formula is C22H22FN5O3. The van der Waals surface area contributed by atoms with Gasteiger partial charge in [-0.3, -0.25) is 4.79 Å². The van der Waals surface area contributed by atoms with Gasteiger partial charge in [0.2, 0.25) is 5.95 Å². The van der Waals surface area contributed by atoms with Gasteiger partial charge in [-0.25, -0.2) is 14.8 Å². The molecule has 1 aromatic carbocycles. The van der Waals surface area contributed by atoms with E-state index in [-0.39, 0.29) is 23.6 Å². The number of hydrogen-bond donors (Lipinski definition) is 4. The highest BCUT2D eigenvalue weighted by Gasteiger charge is 2.28. The molecule has 2 amide bonds. The first-order chi connectivity index (χ1) is 14.8. The second-order valence-electron chi connectivity index (χ2n) is 7.59. The van der Waals surface area contributed by atoms with E-state index in [1.807, 2.05) is 18.2 Å². The number of benzene rings is 1. The molecule has 0 saturated heterocycles. The number of nitrogens with zero attached hydrogens (tertiary/aromatic N) is 2. The Morgan fingerprint density at radius 3 is 2.97 bits per heavy atom. The van der Waals surface area contributed by atoms with Crippen LogP contribution in [0.5, 0.6) is 0 Å². The van der Waals surface area contributed by atoms with Gasteiger partial charge in [0, 0.05) is 35.5 Å². The minimum Gasteiger partial charge on any atom is -0.465 e. The molecule has 0 aliphatic carbocycles. The summed E-state index contributed by atoms with van der Waals surface area (Å²) in [5.41, 5.74) is 3.89. The van der Waals surface area contributed by atoms with Crippen LogP contribution in [0.4, 0.5) is 9.18 Å². The number of hydrogen-bond acceptors (Lipinski definition) is 4. The Labute approximate surface area is 177 Å². The first-order valence-electron chi connectivity index (χ1n) is 9.94. The molecule has 9 heteroatoms. The lowest BCUT2D eigenvalue weighted by molar-refractivity contribution is 0.0940. The van der Waals surface area contributed by atoms with E-state index in [9.17, 15) is 14.0 Å². The Morgan fingerprint density at radius 1 is 1.39 bits per heavy atom. The van der Waals surface area contributed by atoms with Crippen molar-refractivity contribution >= 4 is 23.0 Å². The number of allylic oxidation sites excluding steroid dienone is 1. The van der Waals surface area contributed by atoms with E-state index in [0.717, 1.165) is 5.69 Å². The second-order valence-corrected chi connectivity index (χ2v) is 7.59. The van der Waals surface area contributed by atoms with Gasteiger partial charge in [-0.05, 0) is 32.4 Å². The molecule has 0 radical (unpaired) electrons. The molecule has 8 nitrogen and oxygen atoms in total. The summed E-state index contributed by atoms with van der Waals surface area (Å²) in [6, 6.07) is 6.84. The molecule has 2 unspecified atom stereocenters. The lowest BCUT2D eigenvalue weighted by Crippen LogP contribution is -2.34. The molecule has 1 aliphatic heterocycles. The van der Waals surface area contributed by atoms with Crippen LogP contribution in [0.1, 0.15) is 41.0 Å². The van der Waals surface area contributed by atoms with E-state index in [2.05, 4.69) is 25.6 Å². The number of nitrogens with one attached hydrogen (secondary N) is 3. The summed E-state index contributed by atoms with van der Waals surface area (Å²) in [6.45, 7) is 3.77. The van der Waals surface area contributed by atoms with Gasteiger partial charge >= 0.3 is 6.09 Å². The summed E-state index contributed by atoms with van der Waals surface area (Å²) in [6.07, 6.45) is 3.21. The van der Waals surface area contributed by atoms with Crippen LogP contribution in [0.15, 0.2) is 36.4 Å². The zero-order chi connectivity index (χ0) is 22.1. The Kier molecular flexibility index (Phi) is 5.41. The van der Waals surface area contributed by atoms with Crippen LogP contribution in [0.25, 0.3) is 22.3 Å². The van der Waals surface area contributed by atoms with Crippen LogP contribution in [-0.2, 0) is 0 Å². The number of halogens is 1. The molecule has 0 bridgehead atoms. The van der Waals surface area contributed by atoms with E-state index in [1.54, 1.807) is 32.1 Å². The zero-order valence-electron chi connectivity index (χ0n) is 17.1. The van der Waals surface area contributed by atoms with E-state index in [0.29, 0.717) is 40.8 Å². The van der Waals surface area contributed by atoms with Crippen molar-refractivity contribution in [3.63, 3.8) is 0 Å². The minimum absolute atomic E-state index is 0.00484. The second kappa shape index (κ2) is 8.17. The molecule has 0 spiro atoms. The van der Waals surface area contributed by atoms with Crippen LogP contribution in [0.2, 0.25) is 0 Å².